The molecule has 0 amide bonds. The molecule has 0 spiro atoms. The molecule has 0 heterocycles. The smallest absolute Gasteiger partial charge is 0.0234 e. The fourth-order valence-electron chi connectivity index (χ4n) is 2.19. The summed E-state index contributed by atoms with van der Waals surface area (Å²) in [5.41, 5.74) is 1.40. The van der Waals surface area contributed by atoms with E-state index in [0.29, 0.717) is 6.04 Å². The van der Waals surface area contributed by atoms with E-state index in [1.54, 1.807) is 0 Å². The molecular weight excluding hydrogens is 220 g/mol. The number of nitrogens with zero attached hydrogens (tertiary/aromatic N) is 1. The van der Waals surface area contributed by atoms with Gasteiger partial charge in [0.15, 0.2) is 0 Å². The van der Waals surface area contributed by atoms with Crippen LogP contribution < -0.4 is 5.32 Å². The zero-order valence-electron chi connectivity index (χ0n) is 12.2. The van der Waals surface area contributed by atoms with Gasteiger partial charge in [-0.15, -0.1) is 0 Å². The monoisotopic (exact) mass is 248 g/mol. The van der Waals surface area contributed by atoms with E-state index < -0.39 is 0 Å². The summed E-state index contributed by atoms with van der Waals surface area (Å²) in [6, 6.07) is 11.4. The topological polar surface area (TPSA) is 15.3 Å². The number of hydrogen-bond donors (Lipinski definition) is 1. The molecular formula is C16H28N2. The highest BCUT2D eigenvalue weighted by Crippen LogP contribution is 2.03. The SMILES string of the molecule is CCCC(C)NCCN(CC)Cc1ccccc1. The minimum absolute atomic E-state index is 0.644. The molecule has 1 N–H and O–H groups in total. The molecule has 0 bridgehead atoms. The Morgan fingerprint density at radius 1 is 1.17 bits per heavy atom. The first-order valence-electron chi connectivity index (χ1n) is 7.25. The summed E-state index contributed by atoms with van der Waals surface area (Å²) in [4.78, 5) is 2.49. The highest BCUT2D eigenvalue weighted by molar-refractivity contribution is 5.14. The van der Waals surface area contributed by atoms with E-state index in [1.807, 2.05) is 0 Å². The molecule has 0 saturated carbocycles. The molecule has 102 valence electrons. The van der Waals surface area contributed by atoms with Crippen molar-refractivity contribution in [3.8, 4) is 0 Å². The first-order valence-corrected chi connectivity index (χ1v) is 7.25. The summed E-state index contributed by atoms with van der Waals surface area (Å²) in [6.07, 6.45) is 2.53. The van der Waals surface area contributed by atoms with E-state index in [4.69, 9.17) is 0 Å². The Bertz CT molecular complexity index is 297. The van der Waals surface area contributed by atoms with Gasteiger partial charge in [0.05, 0.1) is 0 Å². The Labute approximate surface area is 112 Å². The van der Waals surface area contributed by atoms with Gasteiger partial charge < -0.3 is 5.32 Å². The zero-order valence-corrected chi connectivity index (χ0v) is 12.2. The van der Waals surface area contributed by atoms with Crippen molar-refractivity contribution in [1.82, 2.24) is 10.2 Å². The molecule has 18 heavy (non-hydrogen) atoms. The first-order chi connectivity index (χ1) is 8.76. The van der Waals surface area contributed by atoms with Crippen molar-refractivity contribution in [2.45, 2.75) is 46.2 Å². The van der Waals surface area contributed by atoms with Crippen molar-refractivity contribution < 1.29 is 0 Å². The van der Waals surface area contributed by atoms with Gasteiger partial charge in [-0.05, 0) is 25.5 Å². The van der Waals surface area contributed by atoms with Gasteiger partial charge in [0.2, 0.25) is 0 Å². The Hall–Kier alpha value is -0.860. The summed E-state index contributed by atoms with van der Waals surface area (Å²) in [5.74, 6) is 0. The lowest BCUT2D eigenvalue weighted by Gasteiger charge is -2.22. The van der Waals surface area contributed by atoms with Gasteiger partial charge in [-0.1, -0.05) is 50.6 Å². The molecule has 0 aromatic heterocycles. The third-order valence-corrected chi connectivity index (χ3v) is 3.34. The van der Waals surface area contributed by atoms with Gasteiger partial charge in [0.1, 0.15) is 0 Å². The van der Waals surface area contributed by atoms with Crippen LogP contribution in [0, 0.1) is 0 Å². The lowest BCUT2D eigenvalue weighted by molar-refractivity contribution is 0.274. The summed E-state index contributed by atoms with van der Waals surface area (Å²) >= 11 is 0. The second-order valence-electron chi connectivity index (χ2n) is 5.00. The minimum atomic E-state index is 0.644. The van der Waals surface area contributed by atoms with Gasteiger partial charge in [-0.3, -0.25) is 4.90 Å². The molecule has 1 aromatic rings. The number of nitrogens with one attached hydrogen (secondary N) is 1. The summed E-state index contributed by atoms with van der Waals surface area (Å²) in [5, 5.41) is 3.59. The Balaban J connectivity index is 2.25. The van der Waals surface area contributed by atoms with E-state index in [9.17, 15) is 0 Å². The maximum atomic E-state index is 3.59. The number of benzene rings is 1. The molecule has 0 aliphatic heterocycles. The standard InChI is InChI=1S/C16H28N2/c1-4-9-15(3)17-12-13-18(5-2)14-16-10-7-6-8-11-16/h6-8,10-11,15,17H,4-5,9,12-14H2,1-3H3. The van der Waals surface area contributed by atoms with Crippen molar-refractivity contribution in [3.63, 3.8) is 0 Å². The number of hydrogen-bond acceptors (Lipinski definition) is 2. The van der Waals surface area contributed by atoms with Crippen LogP contribution in [0.5, 0.6) is 0 Å². The third-order valence-electron chi connectivity index (χ3n) is 3.34. The van der Waals surface area contributed by atoms with E-state index in [0.717, 1.165) is 26.2 Å². The quantitative estimate of drug-likeness (QED) is 0.721. The van der Waals surface area contributed by atoms with Gasteiger partial charge in [-0.2, -0.15) is 0 Å². The van der Waals surface area contributed by atoms with Crippen LogP contribution in [0.2, 0.25) is 0 Å². The third kappa shape index (κ3) is 6.18. The van der Waals surface area contributed by atoms with Crippen LogP contribution in [0.3, 0.4) is 0 Å². The second kappa shape index (κ2) is 9.12. The van der Waals surface area contributed by atoms with Gasteiger partial charge in [-0.25, -0.2) is 0 Å². The molecule has 1 atom stereocenters. The maximum Gasteiger partial charge on any atom is 0.0234 e. The average molecular weight is 248 g/mol. The second-order valence-corrected chi connectivity index (χ2v) is 5.00. The van der Waals surface area contributed by atoms with Crippen LogP contribution in [0.4, 0.5) is 0 Å². The Morgan fingerprint density at radius 3 is 2.50 bits per heavy atom. The van der Waals surface area contributed by atoms with Gasteiger partial charge >= 0.3 is 0 Å². The van der Waals surface area contributed by atoms with Crippen LogP contribution in [0.15, 0.2) is 30.3 Å². The first kappa shape index (κ1) is 15.2. The van der Waals surface area contributed by atoms with Crippen molar-refractivity contribution >= 4 is 0 Å². The van der Waals surface area contributed by atoms with Gasteiger partial charge in [0, 0.05) is 25.7 Å². The normalized spacial score (nSPS) is 12.9. The molecule has 1 aromatic carbocycles. The lowest BCUT2D eigenvalue weighted by Crippen LogP contribution is -2.35. The molecule has 2 heteroatoms. The zero-order chi connectivity index (χ0) is 13.2. The largest absolute Gasteiger partial charge is 0.313 e. The minimum Gasteiger partial charge on any atom is -0.313 e. The molecule has 2 nitrogen and oxygen atoms in total. The van der Waals surface area contributed by atoms with Crippen molar-refractivity contribution in [2.24, 2.45) is 0 Å². The highest BCUT2D eigenvalue weighted by atomic mass is 15.1. The maximum absolute atomic E-state index is 3.59. The van der Waals surface area contributed by atoms with Crippen LogP contribution in [0.1, 0.15) is 39.2 Å². The Kier molecular flexibility index (Phi) is 7.70. The van der Waals surface area contributed by atoms with E-state index in [2.05, 4.69) is 61.3 Å². The van der Waals surface area contributed by atoms with Crippen molar-refractivity contribution in [3.05, 3.63) is 35.9 Å². The molecule has 1 rings (SSSR count). The molecule has 0 radical (unpaired) electrons. The molecule has 0 fully saturated rings. The Morgan fingerprint density at radius 2 is 1.89 bits per heavy atom. The van der Waals surface area contributed by atoms with E-state index in [1.165, 1.54) is 18.4 Å². The van der Waals surface area contributed by atoms with Crippen LogP contribution >= 0.6 is 0 Å². The molecule has 0 aliphatic rings. The van der Waals surface area contributed by atoms with Crippen LogP contribution in [-0.2, 0) is 6.54 Å². The van der Waals surface area contributed by atoms with Crippen molar-refractivity contribution in [2.75, 3.05) is 19.6 Å². The van der Waals surface area contributed by atoms with Crippen molar-refractivity contribution in [1.29, 1.82) is 0 Å². The average Bonchev–Trinajstić information content (AvgIpc) is 2.39. The fraction of sp³-hybridized carbons (Fsp3) is 0.625. The lowest BCUT2D eigenvalue weighted by atomic mass is 10.2. The fourth-order valence-corrected chi connectivity index (χ4v) is 2.19. The molecule has 1 unspecified atom stereocenters. The van der Waals surface area contributed by atoms with Gasteiger partial charge in [0.25, 0.3) is 0 Å². The highest BCUT2D eigenvalue weighted by Gasteiger charge is 2.04. The predicted octanol–water partition coefficient (Wildman–Crippen LogP) is 3.29. The van der Waals surface area contributed by atoms with E-state index in [-0.39, 0.29) is 0 Å². The summed E-state index contributed by atoms with van der Waals surface area (Å²) in [6.45, 7) is 11.1. The summed E-state index contributed by atoms with van der Waals surface area (Å²) < 4.78 is 0. The molecule has 0 saturated heterocycles. The number of rotatable bonds is 9. The van der Waals surface area contributed by atoms with Crippen LogP contribution in [0.25, 0.3) is 0 Å². The number of likely N-dealkylation sites (N-methyl/N-ethyl adjacent to an activating group) is 1. The van der Waals surface area contributed by atoms with E-state index >= 15 is 0 Å². The molecule has 0 aliphatic carbocycles. The van der Waals surface area contributed by atoms with Crippen LogP contribution in [-0.4, -0.2) is 30.6 Å². The summed E-state index contributed by atoms with van der Waals surface area (Å²) in [7, 11) is 0. The predicted molar refractivity (Wildman–Crippen MR) is 79.8 cm³/mol.